The lowest BCUT2D eigenvalue weighted by molar-refractivity contribution is 0.101. The fourth-order valence-electron chi connectivity index (χ4n) is 4.61. The second-order valence-electron chi connectivity index (χ2n) is 8.71. The Hall–Kier alpha value is -3.77. The Morgan fingerprint density at radius 2 is 1.74 bits per heavy atom. The zero-order valence-corrected chi connectivity index (χ0v) is 19.5. The summed E-state index contributed by atoms with van der Waals surface area (Å²) in [4.78, 5) is 17.8. The number of allylic oxidation sites excluding steroid dienone is 1. The summed E-state index contributed by atoms with van der Waals surface area (Å²) in [5, 5.41) is 10.8. The van der Waals surface area contributed by atoms with Crippen LogP contribution in [0.3, 0.4) is 0 Å². The van der Waals surface area contributed by atoms with Gasteiger partial charge in [0.15, 0.2) is 5.76 Å². The van der Waals surface area contributed by atoms with E-state index in [0.29, 0.717) is 29.2 Å². The molecule has 2 heterocycles. The number of aryl methyl sites for hydroxylation is 1. The van der Waals surface area contributed by atoms with E-state index in [4.69, 9.17) is 9.47 Å². The number of anilines is 1. The van der Waals surface area contributed by atoms with Crippen LogP contribution in [0.25, 0.3) is 6.08 Å². The van der Waals surface area contributed by atoms with Gasteiger partial charge in [-0.05, 0) is 54.5 Å². The molecule has 0 spiro atoms. The van der Waals surface area contributed by atoms with Gasteiger partial charge >= 0.3 is 0 Å². The third-order valence-electron chi connectivity index (χ3n) is 6.51. The van der Waals surface area contributed by atoms with Crippen molar-refractivity contribution in [1.29, 1.82) is 0 Å². The maximum absolute atomic E-state index is 13.1. The minimum atomic E-state index is -0.137. The van der Waals surface area contributed by atoms with Crippen molar-refractivity contribution in [1.82, 2.24) is 4.90 Å². The number of piperazine rings is 1. The van der Waals surface area contributed by atoms with Crippen LogP contribution in [-0.2, 0) is 6.54 Å². The van der Waals surface area contributed by atoms with Gasteiger partial charge in [-0.1, -0.05) is 30.3 Å². The van der Waals surface area contributed by atoms with Gasteiger partial charge in [0, 0.05) is 38.4 Å². The molecule has 0 amide bonds. The van der Waals surface area contributed by atoms with Gasteiger partial charge in [0.25, 0.3) is 0 Å². The van der Waals surface area contributed by atoms with Gasteiger partial charge in [-0.2, -0.15) is 0 Å². The average molecular weight is 457 g/mol. The standard InChI is InChI=1S/C28H28N2O4/c1-19-16-24(31)23(28-26(19)27(32)25(34-28)17-20-6-4-3-5-7-20)18-29-12-14-30(15-13-29)21-8-10-22(33-2)11-9-21/h3-11,16-17,31H,12-15,18H2,1-2H3/b25-17-. The summed E-state index contributed by atoms with van der Waals surface area (Å²) in [6, 6.07) is 19.4. The Morgan fingerprint density at radius 3 is 2.41 bits per heavy atom. The highest BCUT2D eigenvalue weighted by atomic mass is 16.5. The molecule has 2 aliphatic heterocycles. The topological polar surface area (TPSA) is 62.2 Å². The number of methoxy groups -OCH3 is 1. The van der Waals surface area contributed by atoms with Crippen molar-refractivity contribution in [3.05, 3.63) is 88.7 Å². The second kappa shape index (κ2) is 9.23. The number of phenols is 1. The number of hydrogen-bond acceptors (Lipinski definition) is 6. The van der Waals surface area contributed by atoms with E-state index in [1.807, 2.05) is 49.4 Å². The summed E-state index contributed by atoms with van der Waals surface area (Å²) in [6.07, 6.45) is 1.76. The van der Waals surface area contributed by atoms with Crippen LogP contribution in [0.5, 0.6) is 17.2 Å². The molecule has 0 saturated carbocycles. The molecule has 174 valence electrons. The molecule has 2 aliphatic rings. The van der Waals surface area contributed by atoms with E-state index in [1.54, 1.807) is 19.3 Å². The van der Waals surface area contributed by atoms with Crippen LogP contribution in [-0.4, -0.2) is 49.1 Å². The van der Waals surface area contributed by atoms with Crippen LogP contribution >= 0.6 is 0 Å². The van der Waals surface area contributed by atoms with E-state index in [2.05, 4.69) is 21.9 Å². The van der Waals surface area contributed by atoms with Crippen molar-refractivity contribution in [3.8, 4) is 17.2 Å². The third kappa shape index (κ3) is 4.24. The summed E-state index contributed by atoms with van der Waals surface area (Å²) < 4.78 is 11.3. The predicted molar refractivity (Wildman–Crippen MR) is 133 cm³/mol. The zero-order chi connectivity index (χ0) is 23.7. The number of ether oxygens (including phenoxy) is 2. The fourth-order valence-corrected chi connectivity index (χ4v) is 4.61. The Bertz CT molecular complexity index is 1230. The largest absolute Gasteiger partial charge is 0.507 e. The van der Waals surface area contributed by atoms with Crippen LogP contribution in [0, 0.1) is 6.92 Å². The number of carbonyl (C=O) groups excluding carboxylic acids is 1. The maximum Gasteiger partial charge on any atom is 0.232 e. The third-order valence-corrected chi connectivity index (χ3v) is 6.51. The maximum atomic E-state index is 13.1. The number of nitrogens with zero attached hydrogens (tertiary/aromatic N) is 2. The Balaban J connectivity index is 1.33. The van der Waals surface area contributed by atoms with Crippen LogP contribution < -0.4 is 14.4 Å². The van der Waals surface area contributed by atoms with E-state index in [1.165, 1.54) is 5.69 Å². The molecule has 6 nitrogen and oxygen atoms in total. The molecule has 34 heavy (non-hydrogen) atoms. The monoisotopic (exact) mass is 456 g/mol. The minimum absolute atomic E-state index is 0.137. The molecule has 0 aromatic heterocycles. The van der Waals surface area contributed by atoms with E-state index < -0.39 is 0 Å². The van der Waals surface area contributed by atoms with Crippen molar-refractivity contribution in [2.45, 2.75) is 13.5 Å². The molecule has 0 bridgehead atoms. The first kappa shape index (κ1) is 22.0. The van der Waals surface area contributed by atoms with Crippen LogP contribution in [0.2, 0.25) is 0 Å². The van der Waals surface area contributed by atoms with Crippen molar-refractivity contribution in [3.63, 3.8) is 0 Å². The van der Waals surface area contributed by atoms with Crippen molar-refractivity contribution >= 4 is 17.5 Å². The summed E-state index contributed by atoms with van der Waals surface area (Å²) in [5.41, 5.74) is 4.01. The summed E-state index contributed by atoms with van der Waals surface area (Å²) in [5.74, 6) is 1.66. The van der Waals surface area contributed by atoms with E-state index in [0.717, 1.165) is 43.1 Å². The molecule has 1 fully saturated rings. The predicted octanol–water partition coefficient (Wildman–Crippen LogP) is 4.65. The molecule has 0 atom stereocenters. The number of carbonyl (C=O) groups is 1. The number of hydrogen-bond donors (Lipinski definition) is 1. The SMILES string of the molecule is COc1ccc(N2CCN(Cc3c(O)cc(C)c4c3O/C(=C\c3ccccc3)C4=O)CC2)cc1. The first-order chi connectivity index (χ1) is 16.5. The number of ketones is 1. The molecule has 1 N–H and O–H groups in total. The first-order valence-electron chi connectivity index (χ1n) is 11.5. The zero-order valence-electron chi connectivity index (χ0n) is 19.5. The normalized spacial score (nSPS) is 17.1. The summed E-state index contributed by atoms with van der Waals surface area (Å²) in [6.45, 7) is 5.79. The lowest BCUT2D eigenvalue weighted by Gasteiger charge is -2.36. The lowest BCUT2D eigenvalue weighted by Crippen LogP contribution is -2.46. The second-order valence-corrected chi connectivity index (χ2v) is 8.71. The highest BCUT2D eigenvalue weighted by Crippen LogP contribution is 2.42. The van der Waals surface area contributed by atoms with Crippen molar-refractivity contribution in [2.75, 3.05) is 38.2 Å². The molecular weight excluding hydrogens is 428 g/mol. The lowest BCUT2D eigenvalue weighted by atomic mass is 9.99. The van der Waals surface area contributed by atoms with Gasteiger partial charge < -0.3 is 19.5 Å². The highest BCUT2D eigenvalue weighted by Gasteiger charge is 2.34. The van der Waals surface area contributed by atoms with Gasteiger partial charge in [0.1, 0.15) is 17.2 Å². The number of phenolic OH excluding ortho intramolecular Hbond substituents is 1. The van der Waals surface area contributed by atoms with Gasteiger partial charge in [-0.25, -0.2) is 0 Å². The van der Waals surface area contributed by atoms with E-state index >= 15 is 0 Å². The quantitative estimate of drug-likeness (QED) is 0.564. The fraction of sp³-hybridized carbons (Fsp3) is 0.250. The Morgan fingerprint density at radius 1 is 1.03 bits per heavy atom. The molecule has 6 heteroatoms. The number of rotatable bonds is 5. The van der Waals surface area contributed by atoms with Crippen molar-refractivity contribution < 1.29 is 19.4 Å². The number of fused-ring (bicyclic) bond motifs is 1. The van der Waals surface area contributed by atoms with Crippen LogP contribution in [0.15, 0.2) is 66.4 Å². The van der Waals surface area contributed by atoms with Gasteiger partial charge in [0.2, 0.25) is 5.78 Å². The van der Waals surface area contributed by atoms with E-state index in [9.17, 15) is 9.90 Å². The Kier molecular flexibility index (Phi) is 5.99. The first-order valence-corrected chi connectivity index (χ1v) is 11.5. The number of aromatic hydroxyl groups is 1. The molecule has 0 unspecified atom stereocenters. The molecule has 0 radical (unpaired) electrons. The summed E-state index contributed by atoms with van der Waals surface area (Å²) in [7, 11) is 1.67. The Labute approximate surface area is 199 Å². The number of benzene rings is 3. The van der Waals surface area contributed by atoms with Crippen molar-refractivity contribution in [2.24, 2.45) is 0 Å². The number of Topliss-reactive ketones (excluding diaryl/α,β-unsaturated/α-hetero) is 1. The molecule has 1 saturated heterocycles. The molecule has 0 aliphatic carbocycles. The summed E-state index contributed by atoms with van der Waals surface area (Å²) >= 11 is 0. The van der Waals surface area contributed by atoms with E-state index in [-0.39, 0.29) is 11.5 Å². The van der Waals surface area contributed by atoms with Gasteiger partial charge in [0.05, 0.1) is 18.2 Å². The van der Waals surface area contributed by atoms with Crippen LogP contribution in [0.4, 0.5) is 5.69 Å². The smallest absolute Gasteiger partial charge is 0.232 e. The molecule has 3 aromatic carbocycles. The average Bonchev–Trinajstić information content (AvgIpc) is 3.19. The molecular formula is C28H28N2O4. The van der Waals surface area contributed by atoms with Gasteiger partial charge in [-0.3, -0.25) is 9.69 Å². The molecule has 3 aromatic rings. The van der Waals surface area contributed by atoms with Crippen LogP contribution in [0.1, 0.15) is 27.0 Å². The minimum Gasteiger partial charge on any atom is -0.507 e. The molecule has 5 rings (SSSR count). The van der Waals surface area contributed by atoms with Gasteiger partial charge in [-0.15, -0.1) is 0 Å². The highest BCUT2D eigenvalue weighted by molar-refractivity contribution is 6.15.